The lowest BCUT2D eigenvalue weighted by Crippen LogP contribution is -2.21. The molecule has 0 unspecified atom stereocenters. The summed E-state index contributed by atoms with van der Waals surface area (Å²) in [7, 11) is -2.47. The van der Waals surface area contributed by atoms with E-state index in [0.29, 0.717) is 24.7 Å². The van der Waals surface area contributed by atoms with Gasteiger partial charge in [0.25, 0.3) is 10.0 Å². The molecular weight excluding hydrogens is 570 g/mol. The van der Waals surface area contributed by atoms with Crippen molar-refractivity contribution in [2.75, 3.05) is 24.9 Å². The van der Waals surface area contributed by atoms with Crippen LogP contribution in [0.4, 0.5) is 14.5 Å². The smallest absolute Gasteiger partial charge is 0.264 e. The van der Waals surface area contributed by atoms with Gasteiger partial charge < -0.3 is 5.11 Å². The van der Waals surface area contributed by atoms with Crippen LogP contribution >= 0.6 is 11.6 Å². The molecule has 0 saturated heterocycles. The van der Waals surface area contributed by atoms with E-state index in [0.717, 1.165) is 45.3 Å². The summed E-state index contributed by atoms with van der Waals surface area (Å²) >= 11 is 6.19. The van der Waals surface area contributed by atoms with Gasteiger partial charge in [0.2, 0.25) is 0 Å². The van der Waals surface area contributed by atoms with Gasteiger partial charge in [-0.2, -0.15) is 0 Å². The number of benzene rings is 3. The van der Waals surface area contributed by atoms with Crippen LogP contribution in [0.15, 0.2) is 90.1 Å². The second-order valence-electron chi connectivity index (χ2n) is 9.49. The second-order valence-corrected chi connectivity index (χ2v) is 11.5. The number of hydrogen-bond acceptors (Lipinski definition) is 6. The molecule has 2 heterocycles. The largest absolute Gasteiger partial charge is 0.395 e. The Kier molecular flexibility index (Phi) is 8.27. The Bertz CT molecular complexity index is 1840. The zero-order valence-electron chi connectivity index (χ0n) is 21.9. The van der Waals surface area contributed by atoms with Crippen LogP contribution in [-0.4, -0.2) is 48.6 Å². The molecule has 41 heavy (non-hydrogen) atoms. The summed E-state index contributed by atoms with van der Waals surface area (Å²) < 4.78 is 55.5. The minimum atomic E-state index is -4.42. The molecule has 2 N–H and O–H groups in total. The fourth-order valence-electron chi connectivity index (χ4n) is 4.50. The molecule has 210 valence electrons. The summed E-state index contributed by atoms with van der Waals surface area (Å²) in [4.78, 5) is 9.93. The first-order valence-electron chi connectivity index (χ1n) is 12.6. The van der Waals surface area contributed by atoms with E-state index in [1.807, 2.05) is 60.5 Å². The van der Waals surface area contributed by atoms with Crippen LogP contribution in [-0.2, 0) is 16.6 Å². The number of sulfonamides is 1. The molecule has 11 heteroatoms. The van der Waals surface area contributed by atoms with E-state index in [9.17, 15) is 17.2 Å². The van der Waals surface area contributed by atoms with Gasteiger partial charge >= 0.3 is 0 Å². The first-order chi connectivity index (χ1) is 19.6. The van der Waals surface area contributed by atoms with Crippen LogP contribution in [0.25, 0.3) is 33.2 Å². The maximum absolute atomic E-state index is 14.2. The van der Waals surface area contributed by atoms with E-state index < -0.39 is 26.6 Å². The molecule has 7 nitrogen and oxygen atoms in total. The minimum absolute atomic E-state index is 0.0545. The maximum atomic E-state index is 14.2. The van der Waals surface area contributed by atoms with Crippen LogP contribution in [0, 0.1) is 11.6 Å². The van der Waals surface area contributed by atoms with Gasteiger partial charge in [-0.1, -0.05) is 41.9 Å². The number of nitrogens with one attached hydrogen (secondary N) is 1. The van der Waals surface area contributed by atoms with Crippen molar-refractivity contribution in [1.82, 2.24) is 14.9 Å². The molecule has 5 aromatic rings. The Balaban J connectivity index is 1.48. The number of halogens is 3. The van der Waals surface area contributed by atoms with E-state index in [1.54, 1.807) is 6.20 Å². The molecule has 0 radical (unpaired) electrons. The van der Waals surface area contributed by atoms with Crippen LogP contribution in [0.2, 0.25) is 5.15 Å². The van der Waals surface area contributed by atoms with E-state index in [2.05, 4.69) is 14.7 Å². The minimum Gasteiger partial charge on any atom is -0.395 e. The van der Waals surface area contributed by atoms with Gasteiger partial charge in [-0.15, -0.1) is 0 Å². The van der Waals surface area contributed by atoms with E-state index in [4.69, 9.17) is 16.7 Å². The molecule has 0 bridgehead atoms. The molecule has 0 atom stereocenters. The van der Waals surface area contributed by atoms with Crippen LogP contribution < -0.4 is 4.72 Å². The number of aromatic nitrogens is 2. The number of rotatable bonds is 9. The van der Waals surface area contributed by atoms with Gasteiger partial charge in [-0.25, -0.2) is 22.2 Å². The molecule has 0 spiro atoms. The van der Waals surface area contributed by atoms with Crippen molar-refractivity contribution in [3.63, 3.8) is 0 Å². The number of aliphatic hydroxyl groups excluding tert-OH is 1. The molecule has 3 aromatic carbocycles. The van der Waals surface area contributed by atoms with Crippen molar-refractivity contribution in [2.24, 2.45) is 0 Å². The van der Waals surface area contributed by atoms with Crippen molar-refractivity contribution in [3.05, 3.63) is 108 Å². The number of likely N-dealkylation sites (N-methyl/N-ethyl adjacent to an activating group) is 1. The Labute approximate surface area is 241 Å². The normalized spacial score (nSPS) is 11.8. The van der Waals surface area contributed by atoms with Crippen molar-refractivity contribution in [1.29, 1.82) is 0 Å². The number of hydrogen-bond donors (Lipinski definition) is 2. The average Bonchev–Trinajstić information content (AvgIpc) is 2.94. The SMILES string of the molecule is CN(CCO)Cc1ccc(-c2ccnc3ccc(-c4cnc(Cl)c(NS(=O)(=O)c5ccc(F)cc5F)c4)cc23)cc1. The number of nitrogens with zero attached hydrogens (tertiary/aromatic N) is 3. The zero-order valence-corrected chi connectivity index (χ0v) is 23.4. The van der Waals surface area contributed by atoms with Gasteiger partial charge in [-0.05, 0) is 65.7 Å². The Morgan fingerprint density at radius 1 is 0.927 bits per heavy atom. The summed E-state index contributed by atoms with van der Waals surface area (Å²) in [5, 5.41) is 9.89. The fraction of sp³-hybridized carbons (Fsp3) is 0.133. The monoisotopic (exact) mass is 594 g/mol. The molecule has 0 aliphatic rings. The molecule has 0 aliphatic heterocycles. The summed E-state index contributed by atoms with van der Waals surface area (Å²) in [5.74, 6) is -2.12. The van der Waals surface area contributed by atoms with Crippen molar-refractivity contribution in [3.8, 4) is 22.3 Å². The Hall–Kier alpha value is -3.96. The quantitative estimate of drug-likeness (QED) is 0.200. The zero-order chi connectivity index (χ0) is 29.1. The molecular formula is C30H25ClF2N4O3S. The predicted octanol–water partition coefficient (Wildman–Crippen LogP) is 6.12. The van der Waals surface area contributed by atoms with Gasteiger partial charge in [-0.3, -0.25) is 14.6 Å². The summed E-state index contributed by atoms with van der Waals surface area (Å²) in [6, 6.07) is 19.4. The fourth-order valence-corrected chi connectivity index (χ4v) is 5.82. The number of anilines is 1. The average molecular weight is 595 g/mol. The lowest BCUT2D eigenvalue weighted by molar-refractivity contribution is 0.217. The third-order valence-corrected chi connectivity index (χ3v) is 8.24. The van der Waals surface area contributed by atoms with Gasteiger partial charge in [0.1, 0.15) is 16.5 Å². The van der Waals surface area contributed by atoms with Crippen LogP contribution in [0.1, 0.15) is 5.56 Å². The topological polar surface area (TPSA) is 95.4 Å². The Morgan fingerprint density at radius 2 is 1.68 bits per heavy atom. The number of fused-ring (bicyclic) bond motifs is 1. The lowest BCUT2D eigenvalue weighted by Gasteiger charge is -2.15. The van der Waals surface area contributed by atoms with Crippen molar-refractivity contribution < 1.29 is 22.3 Å². The first kappa shape index (κ1) is 28.6. The molecule has 2 aromatic heterocycles. The highest BCUT2D eigenvalue weighted by molar-refractivity contribution is 7.92. The summed E-state index contributed by atoms with van der Waals surface area (Å²) in [6.45, 7) is 1.40. The molecule has 0 saturated carbocycles. The number of pyridine rings is 2. The van der Waals surface area contributed by atoms with Crippen LogP contribution in [0.3, 0.4) is 0 Å². The second kappa shape index (κ2) is 11.9. The molecule has 0 fully saturated rings. The standard InChI is InChI=1S/C30H25ClF2N4O3S/c1-37(12-13-38)18-19-2-4-20(5-3-19)24-10-11-34-27-8-6-21(14-25(24)27)22-15-28(30(31)35-17-22)36-41(39,40)29-9-7-23(32)16-26(29)33/h2-11,14-17,36,38H,12-13,18H2,1H3. The predicted molar refractivity (Wildman–Crippen MR) is 156 cm³/mol. The van der Waals surface area contributed by atoms with Crippen molar-refractivity contribution >= 4 is 38.2 Å². The van der Waals surface area contributed by atoms with E-state index >= 15 is 0 Å². The highest BCUT2D eigenvalue weighted by atomic mass is 35.5. The first-order valence-corrected chi connectivity index (χ1v) is 14.4. The Morgan fingerprint density at radius 3 is 2.41 bits per heavy atom. The summed E-state index contributed by atoms with van der Waals surface area (Å²) in [6.07, 6.45) is 3.25. The molecule has 5 rings (SSSR count). The van der Waals surface area contributed by atoms with Gasteiger partial charge in [0.05, 0.1) is 17.8 Å². The van der Waals surface area contributed by atoms with E-state index in [-0.39, 0.29) is 17.4 Å². The third kappa shape index (κ3) is 6.36. The van der Waals surface area contributed by atoms with Crippen LogP contribution in [0.5, 0.6) is 0 Å². The summed E-state index contributed by atoms with van der Waals surface area (Å²) in [5.41, 5.74) is 5.08. The molecule has 0 aliphatic carbocycles. The lowest BCUT2D eigenvalue weighted by atomic mass is 9.97. The van der Waals surface area contributed by atoms with Gasteiger partial charge in [0.15, 0.2) is 5.15 Å². The van der Waals surface area contributed by atoms with E-state index in [1.165, 1.54) is 12.3 Å². The highest BCUT2D eigenvalue weighted by Gasteiger charge is 2.21. The van der Waals surface area contributed by atoms with Crippen molar-refractivity contribution in [2.45, 2.75) is 11.4 Å². The third-order valence-electron chi connectivity index (χ3n) is 6.54. The maximum Gasteiger partial charge on any atom is 0.264 e. The number of aliphatic hydroxyl groups is 1. The highest BCUT2D eigenvalue weighted by Crippen LogP contribution is 2.34. The van der Waals surface area contributed by atoms with Gasteiger partial charge in [0, 0.05) is 42.5 Å². The molecule has 0 amide bonds.